The van der Waals surface area contributed by atoms with Crippen molar-refractivity contribution in [2.45, 2.75) is 12.5 Å². The summed E-state index contributed by atoms with van der Waals surface area (Å²) in [4.78, 5) is 25.3. The molecule has 0 aliphatic carbocycles. The topological polar surface area (TPSA) is 92.9 Å². The van der Waals surface area contributed by atoms with E-state index in [9.17, 15) is 14.7 Å². The third-order valence-electron chi connectivity index (χ3n) is 3.10. The number of carbonyl (C=O) groups is 2. The Balaban J connectivity index is 0.00000200. The van der Waals surface area contributed by atoms with Crippen LogP contribution < -0.4 is 5.73 Å². The molecule has 3 N–H and O–H groups in total. The molecule has 2 rings (SSSR count). The van der Waals surface area contributed by atoms with E-state index in [2.05, 4.69) is 4.74 Å². The lowest BCUT2D eigenvalue weighted by molar-refractivity contribution is 0.0600. The smallest absolute Gasteiger partial charge is 0.338 e. The van der Waals surface area contributed by atoms with E-state index in [1.807, 2.05) is 0 Å². The van der Waals surface area contributed by atoms with Gasteiger partial charge in [-0.1, -0.05) is 0 Å². The molecule has 20 heavy (non-hydrogen) atoms. The average molecular weight is 301 g/mol. The lowest BCUT2D eigenvalue weighted by Crippen LogP contribution is -2.32. The van der Waals surface area contributed by atoms with Gasteiger partial charge in [0.05, 0.1) is 12.7 Å². The summed E-state index contributed by atoms with van der Waals surface area (Å²) in [5.74, 6) is -0.980. The monoisotopic (exact) mass is 300 g/mol. The second-order valence-electron chi connectivity index (χ2n) is 4.56. The summed E-state index contributed by atoms with van der Waals surface area (Å²) in [6.45, 7) is 1.07. The van der Waals surface area contributed by atoms with Crippen LogP contribution in [0.3, 0.4) is 0 Å². The lowest BCUT2D eigenvalue weighted by Gasteiger charge is -2.16. The first-order chi connectivity index (χ1) is 9.01. The number of hydrogen-bond acceptors (Lipinski definition) is 5. The molecule has 0 saturated carbocycles. The first-order valence-corrected chi connectivity index (χ1v) is 5.98. The van der Waals surface area contributed by atoms with Gasteiger partial charge in [-0.15, -0.1) is 12.4 Å². The first-order valence-electron chi connectivity index (χ1n) is 5.98. The number of esters is 1. The van der Waals surface area contributed by atoms with Crippen molar-refractivity contribution in [2.75, 3.05) is 20.2 Å². The first kappa shape index (κ1) is 16.3. The highest BCUT2D eigenvalue weighted by Gasteiger charge is 2.25. The number of halogens is 1. The Morgan fingerprint density at radius 2 is 2.00 bits per heavy atom. The molecule has 0 aromatic heterocycles. The predicted molar refractivity (Wildman–Crippen MR) is 75.2 cm³/mol. The van der Waals surface area contributed by atoms with Crippen molar-refractivity contribution >= 4 is 24.3 Å². The summed E-state index contributed by atoms with van der Waals surface area (Å²) in [6.07, 6.45) is 0.758. The summed E-state index contributed by atoms with van der Waals surface area (Å²) in [5.41, 5.74) is 6.16. The maximum absolute atomic E-state index is 12.2. The molecule has 1 aromatic carbocycles. The van der Waals surface area contributed by atoms with Crippen LogP contribution in [0, 0.1) is 0 Å². The fourth-order valence-corrected chi connectivity index (χ4v) is 2.12. The maximum Gasteiger partial charge on any atom is 0.338 e. The van der Waals surface area contributed by atoms with E-state index in [1.54, 1.807) is 4.90 Å². The van der Waals surface area contributed by atoms with Crippen LogP contribution in [0.1, 0.15) is 27.1 Å². The standard InChI is InChI=1S/C13H16N2O4.ClH/c1-19-13(18)9-4-8(5-11(16)6-9)12(17)15-3-2-10(14)7-15;/h4-6,10,16H,2-3,7,14H2,1H3;1H. The van der Waals surface area contributed by atoms with Crippen LogP contribution in [0.25, 0.3) is 0 Å². The van der Waals surface area contributed by atoms with Gasteiger partial charge in [-0.05, 0) is 24.6 Å². The average Bonchev–Trinajstić information content (AvgIpc) is 2.82. The van der Waals surface area contributed by atoms with Crippen molar-refractivity contribution in [1.82, 2.24) is 4.90 Å². The van der Waals surface area contributed by atoms with Crippen LogP contribution >= 0.6 is 12.4 Å². The van der Waals surface area contributed by atoms with Gasteiger partial charge in [0, 0.05) is 24.7 Å². The second-order valence-corrected chi connectivity index (χ2v) is 4.56. The summed E-state index contributed by atoms with van der Waals surface area (Å²) in [5, 5.41) is 9.58. The molecular formula is C13H17ClN2O4. The highest BCUT2D eigenvalue weighted by Crippen LogP contribution is 2.19. The van der Waals surface area contributed by atoms with Crippen molar-refractivity contribution in [2.24, 2.45) is 5.73 Å². The molecule has 1 unspecified atom stereocenters. The van der Waals surface area contributed by atoms with E-state index in [0.29, 0.717) is 13.1 Å². The highest BCUT2D eigenvalue weighted by atomic mass is 35.5. The van der Waals surface area contributed by atoms with Crippen LogP contribution in [0.5, 0.6) is 5.75 Å². The normalized spacial score (nSPS) is 17.5. The van der Waals surface area contributed by atoms with Gasteiger partial charge in [0.15, 0.2) is 0 Å². The van der Waals surface area contributed by atoms with Gasteiger partial charge >= 0.3 is 5.97 Å². The largest absolute Gasteiger partial charge is 0.508 e. The molecule has 0 spiro atoms. The minimum Gasteiger partial charge on any atom is -0.508 e. The van der Waals surface area contributed by atoms with E-state index in [0.717, 1.165) is 6.42 Å². The molecule has 1 saturated heterocycles. The lowest BCUT2D eigenvalue weighted by atomic mass is 10.1. The molecule has 1 aliphatic heterocycles. The Hall–Kier alpha value is -1.79. The van der Waals surface area contributed by atoms with Crippen LogP contribution in [0.4, 0.5) is 0 Å². The molecule has 1 aliphatic rings. The van der Waals surface area contributed by atoms with E-state index >= 15 is 0 Å². The Morgan fingerprint density at radius 3 is 2.55 bits per heavy atom. The summed E-state index contributed by atoms with van der Waals surface area (Å²) >= 11 is 0. The molecular weight excluding hydrogens is 284 g/mol. The summed E-state index contributed by atoms with van der Waals surface area (Å²) in [7, 11) is 1.24. The van der Waals surface area contributed by atoms with Gasteiger partial charge in [-0.3, -0.25) is 4.79 Å². The van der Waals surface area contributed by atoms with Crippen molar-refractivity contribution in [3.05, 3.63) is 29.3 Å². The van der Waals surface area contributed by atoms with E-state index in [-0.39, 0.29) is 41.2 Å². The molecule has 1 aromatic rings. The number of nitrogens with two attached hydrogens (primary N) is 1. The third kappa shape index (κ3) is 3.40. The number of aromatic hydroxyl groups is 1. The number of ether oxygens (including phenoxy) is 1. The molecule has 1 amide bonds. The Labute approximate surface area is 122 Å². The van der Waals surface area contributed by atoms with Crippen molar-refractivity contribution < 1.29 is 19.4 Å². The number of amides is 1. The fourth-order valence-electron chi connectivity index (χ4n) is 2.12. The summed E-state index contributed by atoms with van der Waals surface area (Å²) in [6, 6.07) is 4.00. The number of likely N-dealkylation sites (tertiary alicyclic amines) is 1. The zero-order valence-corrected chi connectivity index (χ0v) is 11.9. The number of carbonyl (C=O) groups excluding carboxylic acids is 2. The van der Waals surface area contributed by atoms with Gasteiger partial charge in [0.1, 0.15) is 5.75 Å². The predicted octanol–water partition coefficient (Wildman–Crippen LogP) is 0.774. The number of hydrogen-bond donors (Lipinski definition) is 2. The van der Waals surface area contributed by atoms with Crippen LogP contribution in [0.2, 0.25) is 0 Å². The van der Waals surface area contributed by atoms with Crippen molar-refractivity contribution in [3.8, 4) is 5.75 Å². The Kier molecular flexibility index (Phi) is 5.35. The van der Waals surface area contributed by atoms with E-state index < -0.39 is 5.97 Å². The number of benzene rings is 1. The maximum atomic E-state index is 12.2. The van der Waals surface area contributed by atoms with E-state index in [1.165, 1.54) is 25.3 Å². The summed E-state index contributed by atoms with van der Waals surface area (Å²) < 4.78 is 4.57. The van der Waals surface area contributed by atoms with Crippen LogP contribution in [-0.4, -0.2) is 48.1 Å². The molecule has 7 heteroatoms. The Morgan fingerprint density at radius 1 is 1.35 bits per heavy atom. The quantitative estimate of drug-likeness (QED) is 0.787. The van der Waals surface area contributed by atoms with Crippen molar-refractivity contribution in [1.29, 1.82) is 0 Å². The van der Waals surface area contributed by atoms with Gasteiger partial charge in [0.25, 0.3) is 5.91 Å². The van der Waals surface area contributed by atoms with E-state index in [4.69, 9.17) is 5.73 Å². The number of phenolic OH excluding ortho intramolecular Hbond substituents is 1. The zero-order valence-electron chi connectivity index (χ0n) is 11.0. The molecule has 0 radical (unpaired) electrons. The van der Waals surface area contributed by atoms with Crippen LogP contribution in [-0.2, 0) is 4.74 Å². The minimum atomic E-state index is -0.594. The fraction of sp³-hybridized carbons (Fsp3) is 0.385. The van der Waals surface area contributed by atoms with Gasteiger partial charge < -0.3 is 20.5 Å². The second kappa shape index (κ2) is 6.58. The molecule has 1 atom stereocenters. The number of methoxy groups -OCH3 is 1. The number of rotatable bonds is 2. The Bertz CT molecular complexity index is 521. The SMILES string of the molecule is COC(=O)c1cc(O)cc(C(=O)N2CCC(N)C2)c1.Cl. The highest BCUT2D eigenvalue weighted by molar-refractivity contribution is 5.98. The zero-order chi connectivity index (χ0) is 14.0. The molecule has 6 nitrogen and oxygen atoms in total. The van der Waals surface area contributed by atoms with Gasteiger partial charge in [-0.2, -0.15) is 0 Å². The molecule has 110 valence electrons. The molecule has 1 fully saturated rings. The van der Waals surface area contributed by atoms with Gasteiger partial charge in [0.2, 0.25) is 0 Å². The van der Waals surface area contributed by atoms with Crippen LogP contribution in [0.15, 0.2) is 18.2 Å². The van der Waals surface area contributed by atoms with Gasteiger partial charge in [-0.25, -0.2) is 4.79 Å². The molecule has 0 bridgehead atoms. The number of phenols is 1. The minimum absolute atomic E-state index is 0. The van der Waals surface area contributed by atoms with Crippen molar-refractivity contribution in [3.63, 3.8) is 0 Å². The molecule has 1 heterocycles. The number of nitrogens with zero attached hydrogens (tertiary/aromatic N) is 1. The third-order valence-corrected chi connectivity index (χ3v) is 3.10.